The van der Waals surface area contributed by atoms with Crippen molar-refractivity contribution in [3.05, 3.63) is 0 Å². The van der Waals surface area contributed by atoms with Crippen molar-refractivity contribution in [2.45, 2.75) is 44.2 Å². The Morgan fingerprint density at radius 3 is 2.53 bits per heavy atom. The lowest BCUT2D eigenvalue weighted by atomic mass is 9.90. The van der Waals surface area contributed by atoms with E-state index in [9.17, 15) is 4.79 Å². The van der Waals surface area contributed by atoms with Crippen LogP contribution < -0.4 is 5.32 Å². The zero-order valence-electron chi connectivity index (χ0n) is 9.62. The topological polar surface area (TPSA) is 32.3 Å². The molecule has 3 heteroatoms. The summed E-state index contributed by atoms with van der Waals surface area (Å²) in [7, 11) is 3.86. The molecule has 1 amide bonds. The maximum absolute atomic E-state index is 11.6. The van der Waals surface area contributed by atoms with E-state index in [1.807, 2.05) is 19.0 Å². The average molecular weight is 208 g/mol. The van der Waals surface area contributed by atoms with E-state index in [1.54, 1.807) is 0 Å². The normalized spacial score (nSPS) is 25.7. The standard InChI is InChI=1S/C12H20N2O/c1-4-5-12(15)14(3)11-8-6-10(13-2)7-9-11/h1,10-11,13H,5-9H2,2-3H3. The second kappa shape index (κ2) is 5.77. The molecule has 1 aliphatic carbocycles. The summed E-state index contributed by atoms with van der Waals surface area (Å²) < 4.78 is 0. The molecule has 0 atom stereocenters. The van der Waals surface area contributed by atoms with Crippen LogP contribution in [-0.2, 0) is 4.79 Å². The molecule has 0 saturated heterocycles. The van der Waals surface area contributed by atoms with Crippen LogP contribution in [0.5, 0.6) is 0 Å². The van der Waals surface area contributed by atoms with E-state index >= 15 is 0 Å². The molecule has 0 radical (unpaired) electrons. The molecule has 0 heterocycles. The molecule has 0 spiro atoms. The van der Waals surface area contributed by atoms with Gasteiger partial charge in [0.15, 0.2) is 0 Å². The maximum Gasteiger partial charge on any atom is 0.234 e. The largest absolute Gasteiger partial charge is 0.342 e. The lowest BCUT2D eigenvalue weighted by molar-refractivity contribution is -0.131. The first-order chi connectivity index (χ1) is 7.19. The van der Waals surface area contributed by atoms with Crippen LogP contribution in [0.3, 0.4) is 0 Å². The zero-order valence-corrected chi connectivity index (χ0v) is 9.62. The summed E-state index contributed by atoms with van der Waals surface area (Å²) in [5.41, 5.74) is 0. The van der Waals surface area contributed by atoms with E-state index in [0.29, 0.717) is 12.1 Å². The predicted molar refractivity (Wildman–Crippen MR) is 61.3 cm³/mol. The van der Waals surface area contributed by atoms with Gasteiger partial charge in [0.2, 0.25) is 5.91 Å². The maximum atomic E-state index is 11.6. The smallest absolute Gasteiger partial charge is 0.234 e. The Bertz CT molecular complexity index is 249. The molecule has 0 aromatic rings. The summed E-state index contributed by atoms with van der Waals surface area (Å²) in [6.07, 6.45) is 9.82. The fourth-order valence-corrected chi connectivity index (χ4v) is 2.17. The molecule has 0 aromatic carbocycles. The third-order valence-electron chi connectivity index (χ3n) is 3.30. The summed E-state index contributed by atoms with van der Waals surface area (Å²) in [6, 6.07) is 1.01. The van der Waals surface area contributed by atoms with Crippen LogP contribution in [-0.4, -0.2) is 37.0 Å². The van der Waals surface area contributed by atoms with Crippen LogP contribution in [0.4, 0.5) is 0 Å². The first-order valence-electron chi connectivity index (χ1n) is 5.55. The van der Waals surface area contributed by atoms with Gasteiger partial charge in [-0.2, -0.15) is 0 Å². The number of hydrogen-bond acceptors (Lipinski definition) is 2. The molecule has 1 aliphatic rings. The van der Waals surface area contributed by atoms with Crippen molar-refractivity contribution in [1.29, 1.82) is 0 Å². The van der Waals surface area contributed by atoms with Crippen LogP contribution >= 0.6 is 0 Å². The van der Waals surface area contributed by atoms with Crippen LogP contribution in [0.2, 0.25) is 0 Å². The summed E-state index contributed by atoms with van der Waals surface area (Å²) in [5, 5.41) is 3.28. The lowest BCUT2D eigenvalue weighted by Gasteiger charge is -2.34. The summed E-state index contributed by atoms with van der Waals surface area (Å²) in [5.74, 6) is 2.48. The van der Waals surface area contributed by atoms with Gasteiger partial charge in [0, 0.05) is 19.1 Å². The van der Waals surface area contributed by atoms with Gasteiger partial charge in [-0.3, -0.25) is 4.79 Å². The summed E-state index contributed by atoms with van der Waals surface area (Å²) >= 11 is 0. The van der Waals surface area contributed by atoms with Gasteiger partial charge in [-0.25, -0.2) is 0 Å². The molecule has 0 unspecified atom stereocenters. The monoisotopic (exact) mass is 208 g/mol. The average Bonchev–Trinajstić information content (AvgIpc) is 2.28. The Hall–Kier alpha value is -1.01. The summed E-state index contributed by atoms with van der Waals surface area (Å²) in [6.45, 7) is 0. The van der Waals surface area contributed by atoms with Gasteiger partial charge in [-0.15, -0.1) is 6.42 Å². The molecule has 0 aliphatic heterocycles. The van der Waals surface area contributed by atoms with Crippen LogP contribution in [0.25, 0.3) is 0 Å². The van der Waals surface area contributed by atoms with Crippen molar-refractivity contribution < 1.29 is 4.79 Å². The van der Waals surface area contributed by atoms with Gasteiger partial charge in [-0.05, 0) is 32.7 Å². The Balaban J connectivity index is 2.39. The van der Waals surface area contributed by atoms with Gasteiger partial charge in [-0.1, -0.05) is 5.92 Å². The molecule has 84 valence electrons. The van der Waals surface area contributed by atoms with E-state index in [1.165, 1.54) is 0 Å². The van der Waals surface area contributed by atoms with Crippen molar-refractivity contribution >= 4 is 5.91 Å². The quantitative estimate of drug-likeness (QED) is 0.702. The van der Waals surface area contributed by atoms with Gasteiger partial charge >= 0.3 is 0 Å². The van der Waals surface area contributed by atoms with Gasteiger partial charge in [0.05, 0.1) is 6.42 Å². The number of terminal acetylenes is 1. The third kappa shape index (κ3) is 3.24. The highest BCUT2D eigenvalue weighted by Crippen LogP contribution is 2.22. The number of rotatable bonds is 3. The minimum atomic E-state index is 0.0745. The van der Waals surface area contributed by atoms with Gasteiger partial charge in [0.25, 0.3) is 0 Å². The number of nitrogens with one attached hydrogen (secondary N) is 1. The predicted octanol–water partition coefficient (Wildman–Crippen LogP) is 0.999. The van der Waals surface area contributed by atoms with Crippen LogP contribution in [0, 0.1) is 12.3 Å². The Kier molecular flexibility index (Phi) is 4.64. The highest BCUT2D eigenvalue weighted by Gasteiger charge is 2.25. The summed E-state index contributed by atoms with van der Waals surface area (Å²) in [4.78, 5) is 13.4. The molecule has 15 heavy (non-hydrogen) atoms. The van der Waals surface area contributed by atoms with Crippen LogP contribution in [0.1, 0.15) is 32.1 Å². The van der Waals surface area contributed by atoms with E-state index in [0.717, 1.165) is 25.7 Å². The van der Waals surface area contributed by atoms with E-state index in [2.05, 4.69) is 11.2 Å². The number of amides is 1. The molecule has 1 N–H and O–H groups in total. The van der Waals surface area contributed by atoms with Crippen molar-refractivity contribution in [2.75, 3.05) is 14.1 Å². The number of carbonyl (C=O) groups excluding carboxylic acids is 1. The van der Waals surface area contributed by atoms with Crippen molar-refractivity contribution in [1.82, 2.24) is 10.2 Å². The van der Waals surface area contributed by atoms with Gasteiger partial charge in [0.1, 0.15) is 0 Å². The van der Waals surface area contributed by atoms with Crippen molar-refractivity contribution in [2.24, 2.45) is 0 Å². The fraction of sp³-hybridized carbons (Fsp3) is 0.750. The van der Waals surface area contributed by atoms with Gasteiger partial charge < -0.3 is 10.2 Å². The number of hydrogen-bond donors (Lipinski definition) is 1. The Morgan fingerprint density at radius 1 is 1.47 bits per heavy atom. The minimum Gasteiger partial charge on any atom is -0.342 e. The molecule has 0 aromatic heterocycles. The van der Waals surface area contributed by atoms with Crippen molar-refractivity contribution in [3.8, 4) is 12.3 Å². The lowest BCUT2D eigenvalue weighted by Crippen LogP contribution is -2.42. The molecule has 0 bridgehead atoms. The zero-order chi connectivity index (χ0) is 11.3. The second-order valence-electron chi connectivity index (χ2n) is 4.18. The third-order valence-corrected chi connectivity index (χ3v) is 3.30. The van der Waals surface area contributed by atoms with Crippen molar-refractivity contribution in [3.63, 3.8) is 0 Å². The molecule has 1 rings (SSSR count). The highest BCUT2D eigenvalue weighted by molar-refractivity contribution is 5.78. The minimum absolute atomic E-state index is 0.0745. The number of nitrogens with zero attached hydrogens (tertiary/aromatic N) is 1. The highest BCUT2D eigenvalue weighted by atomic mass is 16.2. The molecular weight excluding hydrogens is 188 g/mol. The molecular formula is C12H20N2O. The molecule has 1 saturated carbocycles. The number of carbonyl (C=O) groups is 1. The Labute approximate surface area is 92.2 Å². The molecule has 3 nitrogen and oxygen atoms in total. The van der Waals surface area contributed by atoms with Crippen LogP contribution in [0.15, 0.2) is 0 Å². The SMILES string of the molecule is C#CCC(=O)N(C)C1CCC(NC)CC1. The van der Waals surface area contributed by atoms with E-state index in [4.69, 9.17) is 6.42 Å². The first-order valence-corrected chi connectivity index (χ1v) is 5.55. The Morgan fingerprint density at radius 2 is 2.07 bits per heavy atom. The first kappa shape index (κ1) is 12.1. The van der Waals surface area contributed by atoms with E-state index in [-0.39, 0.29) is 12.3 Å². The second-order valence-corrected chi connectivity index (χ2v) is 4.18. The van der Waals surface area contributed by atoms with E-state index < -0.39 is 0 Å². The molecule has 1 fully saturated rings. The fourth-order valence-electron chi connectivity index (χ4n) is 2.17.